The standard InChI is InChI=1S/C18H19N3O2S/c1-13-19-16-12-14(20-18(22)10-11-24(2)23)8-9-17(16)21(13)15-6-4-3-5-7-15/h3-9,12H,10-11H2,1-2H3,(H,20,22). The quantitative estimate of drug-likeness (QED) is 0.776. The molecule has 1 unspecified atom stereocenters. The zero-order valence-corrected chi connectivity index (χ0v) is 14.5. The lowest BCUT2D eigenvalue weighted by Gasteiger charge is -2.07. The second kappa shape index (κ2) is 6.97. The number of rotatable bonds is 5. The van der Waals surface area contributed by atoms with E-state index in [1.54, 1.807) is 6.26 Å². The maximum atomic E-state index is 11.9. The second-order valence-electron chi connectivity index (χ2n) is 5.61. The molecule has 1 heterocycles. The molecule has 1 N–H and O–H groups in total. The van der Waals surface area contributed by atoms with Crippen molar-refractivity contribution < 1.29 is 9.00 Å². The van der Waals surface area contributed by atoms with Crippen molar-refractivity contribution >= 4 is 33.4 Å². The molecule has 6 heteroatoms. The Kier molecular flexibility index (Phi) is 4.76. The Morgan fingerprint density at radius 3 is 2.67 bits per heavy atom. The zero-order chi connectivity index (χ0) is 17.1. The average molecular weight is 341 g/mol. The summed E-state index contributed by atoms with van der Waals surface area (Å²) in [7, 11) is -0.964. The lowest BCUT2D eigenvalue weighted by molar-refractivity contribution is -0.115. The fourth-order valence-electron chi connectivity index (χ4n) is 2.64. The first-order valence-electron chi connectivity index (χ1n) is 7.69. The number of benzene rings is 2. The Hall–Kier alpha value is -2.47. The van der Waals surface area contributed by atoms with Crippen molar-refractivity contribution in [3.05, 3.63) is 54.4 Å². The third-order valence-electron chi connectivity index (χ3n) is 3.74. The molecule has 0 fully saturated rings. The number of nitrogens with one attached hydrogen (secondary N) is 1. The van der Waals surface area contributed by atoms with E-state index in [9.17, 15) is 9.00 Å². The number of amides is 1. The van der Waals surface area contributed by atoms with Gasteiger partial charge in [-0.05, 0) is 37.3 Å². The largest absolute Gasteiger partial charge is 0.326 e. The van der Waals surface area contributed by atoms with E-state index in [0.717, 1.165) is 22.5 Å². The minimum atomic E-state index is -0.964. The summed E-state index contributed by atoms with van der Waals surface area (Å²) in [6.45, 7) is 1.96. The van der Waals surface area contributed by atoms with Crippen LogP contribution >= 0.6 is 0 Å². The number of anilines is 1. The molecule has 0 saturated heterocycles. The van der Waals surface area contributed by atoms with Crippen LogP contribution in [0.3, 0.4) is 0 Å². The maximum absolute atomic E-state index is 11.9. The van der Waals surface area contributed by atoms with Gasteiger partial charge in [-0.3, -0.25) is 13.6 Å². The summed E-state index contributed by atoms with van der Waals surface area (Å²) in [6, 6.07) is 15.7. The monoisotopic (exact) mass is 341 g/mol. The lowest BCUT2D eigenvalue weighted by Crippen LogP contribution is -2.14. The minimum absolute atomic E-state index is 0.135. The van der Waals surface area contributed by atoms with Crippen molar-refractivity contribution in [1.29, 1.82) is 0 Å². The molecule has 1 amide bonds. The van der Waals surface area contributed by atoms with Gasteiger partial charge < -0.3 is 5.32 Å². The predicted octanol–water partition coefficient (Wildman–Crippen LogP) is 3.04. The van der Waals surface area contributed by atoms with Crippen molar-refractivity contribution in [2.45, 2.75) is 13.3 Å². The molecule has 2 aromatic carbocycles. The van der Waals surface area contributed by atoms with E-state index in [0.29, 0.717) is 11.4 Å². The first kappa shape index (κ1) is 16.4. The maximum Gasteiger partial charge on any atom is 0.225 e. The summed E-state index contributed by atoms with van der Waals surface area (Å²) >= 11 is 0. The molecular weight excluding hydrogens is 322 g/mol. The third-order valence-corrected chi connectivity index (χ3v) is 4.52. The molecule has 0 aliphatic rings. The van der Waals surface area contributed by atoms with Gasteiger partial charge in [-0.15, -0.1) is 0 Å². The molecule has 124 valence electrons. The highest BCUT2D eigenvalue weighted by atomic mass is 32.2. The van der Waals surface area contributed by atoms with Crippen molar-refractivity contribution in [2.24, 2.45) is 0 Å². The van der Waals surface area contributed by atoms with Gasteiger partial charge in [0.05, 0.1) is 11.0 Å². The number of hydrogen-bond donors (Lipinski definition) is 1. The molecule has 0 saturated carbocycles. The van der Waals surface area contributed by atoms with Crippen LogP contribution in [0.15, 0.2) is 48.5 Å². The first-order valence-corrected chi connectivity index (χ1v) is 9.42. The molecule has 1 atom stereocenters. The van der Waals surface area contributed by atoms with Crippen LogP contribution in [0.25, 0.3) is 16.7 Å². The summed E-state index contributed by atoms with van der Waals surface area (Å²) in [5.74, 6) is 1.13. The van der Waals surface area contributed by atoms with E-state index in [1.165, 1.54) is 0 Å². The van der Waals surface area contributed by atoms with Crippen molar-refractivity contribution in [2.75, 3.05) is 17.3 Å². The molecule has 0 bridgehead atoms. The van der Waals surface area contributed by atoms with Crippen molar-refractivity contribution in [1.82, 2.24) is 9.55 Å². The van der Waals surface area contributed by atoms with Crippen LogP contribution in [0, 0.1) is 6.92 Å². The Morgan fingerprint density at radius 1 is 1.21 bits per heavy atom. The normalized spacial score (nSPS) is 12.2. The highest BCUT2D eigenvalue weighted by Gasteiger charge is 2.11. The predicted molar refractivity (Wildman–Crippen MR) is 98.0 cm³/mol. The van der Waals surface area contributed by atoms with Crippen LogP contribution in [0.1, 0.15) is 12.2 Å². The molecule has 3 rings (SSSR count). The van der Waals surface area contributed by atoms with E-state index in [2.05, 4.69) is 14.9 Å². The third kappa shape index (κ3) is 3.54. The summed E-state index contributed by atoms with van der Waals surface area (Å²) in [6.07, 6.45) is 1.84. The number of aryl methyl sites for hydroxylation is 1. The molecule has 24 heavy (non-hydrogen) atoms. The van der Waals surface area contributed by atoms with Crippen LogP contribution in [0.5, 0.6) is 0 Å². The summed E-state index contributed by atoms with van der Waals surface area (Å²) in [5, 5.41) is 2.84. The molecular formula is C18H19N3O2S. The van der Waals surface area contributed by atoms with Crippen LogP contribution in [0.4, 0.5) is 5.69 Å². The van der Waals surface area contributed by atoms with E-state index in [-0.39, 0.29) is 12.3 Å². The second-order valence-corrected chi connectivity index (χ2v) is 7.16. The molecule has 0 aliphatic heterocycles. The number of carbonyl (C=O) groups excluding carboxylic acids is 1. The fourth-order valence-corrected chi connectivity index (χ4v) is 3.11. The van der Waals surface area contributed by atoms with Crippen molar-refractivity contribution in [3.8, 4) is 5.69 Å². The Morgan fingerprint density at radius 2 is 1.96 bits per heavy atom. The number of aromatic nitrogens is 2. The number of nitrogens with zero attached hydrogens (tertiary/aromatic N) is 2. The first-order chi connectivity index (χ1) is 11.5. The Bertz CT molecular complexity index is 903. The molecule has 0 radical (unpaired) electrons. The minimum Gasteiger partial charge on any atom is -0.326 e. The summed E-state index contributed by atoms with van der Waals surface area (Å²) < 4.78 is 13.2. The topological polar surface area (TPSA) is 64.0 Å². The van der Waals surface area contributed by atoms with Gasteiger partial charge in [0, 0.05) is 40.6 Å². The van der Waals surface area contributed by atoms with Gasteiger partial charge in [0.2, 0.25) is 5.91 Å². The number of imidazole rings is 1. The SMILES string of the molecule is Cc1nc2cc(NC(=O)CCS(C)=O)ccc2n1-c1ccccc1. The number of hydrogen-bond acceptors (Lipinski definition) is 3. The molecule has 5 nitrogen and oxygen atoms in total. The molecule has 0 spiro atoms. The Labute approximate surface area is 143 Å². The highest BCUT2D eigenvalue weighted by Crippen LogP contribution is 2.24. The van der Waals surface area contributed by atoms with Gasteiger partial charge in [0.25, 0.3) is 0 Å². The van der Waals surface area contributed by atoms with Crippen molar-refractivity contribution in [3.63, 3.8) is 0 Å². The molecule has 1 aromatic heterocycles. The van der Waals surface area contributed by atoms with E-state index in [1.807, 2.05) is 55.5 Å². The number of fused-ring (bicyclic) bond motifs is 1. The van der Waals surface area contributed by atoms with Gasteiger partial charge in [-0.2, -0.15) is 0 Å². The van der Waals surface area contributed by atoms with E-state index >= 15 is 0 Å². The summed E-state index contributed by atoms with van der Waals surface area (Å²) in [4.78, 5) is 16.5. The summed E-state index contributed by atoms with van der Waals surface area (Å²) in [5.41, 5.74) is 3.58. The van der Waals surface area contributed by atoms with Gasteiger partial charge >= 0.3 is 0 Å². The average Bonchev–Trinajstić information content (AvgIpc) is 2.88. The fraction of sp³-hybridized carbons (Fsp3) is 0.222. The van der Waals surface area contributed by atoms with E-state index in [4.69, 9.17) is 0 Å². The van der Waals surface area contributed by atoms with Gasteiger partial charge in [0.15, 0.2) is 0 Å². The molecule has 3 aromatic rings. The smallest absolute Gasteiger partial charge is 0.225 e. The van der Waals surface area contributed by atoms with Crippen LogP contribution in [0.2, 0.25) is 0 Å². The number of para-hydroxylation sites is 1. The Balaban J connectivity index is 1.88. The van der Waals surface area contributed by atoms with Crippen LogP contribution < -0.4 is 5.32 Å². The lowest BCUT2D eigenvalue weighted by atomic mass is 10.2. The van der Waals surface area contributed by atoms with Gasteiger partial charge in [-0.1, -0.05) is 18.2 Å². The zero-order valence-electron chi connectivity index (χ0n) is 13.7. The van der Waals surface area contributed by atoms with Crippen LogP contribution in [-0.2, 0) is 15.6 Å². The number of carbonyl (C=O) groups is 1. The van der Waals surface area contributed by atoms with Gasteiger partial charge in [0.1, 0.15) is 5.82 Å². The highest BCUT2D eigenvalue weighted by molar-refractivity contribution is 7.84. The van der Waals surface area contributed by atoms with E-state index < -0.39 is 10.8 Å². The molecule has 0 aliphatic carbocycles. The van der Waals surface area contributed by atoms with Crippen LogP contribution in [-0.4, -0.2) is 31.7 Å². The van der Waals surface area contributed by atoms with Gasteiger partial charge in [-0.25, -0.2) is 4.98 Å².